The molecule has 2 heterocycles. The lowest BCUT2D eigenvalue weighted by molar-refractivity contribution is 0.694. The van der Waals surface area contributed by atoms with Crippen LogP contribution < -0.4 is 15.5 Å². The summed E-state index contributed by atoms with van der Waals surface area (Å²) in [4.78, 5) is 4.93. The minimum Gasteiger partial charge on any atom is -0.397 e. The Morgan fingerprint density at radius 1 is 1.05 bits per heavy atom. The number of hydrogen-bond acceptors (Lipinski definition) is 3. The van der Waals surface area contributed by atoms with Gasteiger partial charge < -0.3 is 15.5 Å². The van der Waals surface area contributed by atoms with E-state index in [1.165, 1.54) is 37.1 Å². The summed E-state index contributed by atoms with van der Waals surface area (Å²) in [6, 6.07) is 7.90. The Morgan fingerprint density at radius 3 is 2.26 bits per heavy atom. The van der Waals surface area contributed by atoms with Crippen LogP contribution in [0.25, 0.3) is 0 Å². The minimum absolute atomic E-state index is 0.632. The molecule has 2 fully saturated rings. The molecule has 0 aliphatic carbocycles. The van der Waals surface area contributed by atoms with Crippen molar-refractivity contribution in [2.45, 2.75) is 51.6 Å². The summed E-state index contributed by atoms with van der Waals surface area (Å²) in [5.74, 6) is 0. The van der Waals surface area contributed by atoms with Crippen LogP contribution in [0, 0.1) is 0 Å². The third-order valence-electron chi connectivity index (χ3n) is 4.71. The second-order valence-corrected chi connectivity index (χ2v) is 6.12. The van der Waals surface area contributed by atoms with Gasteiger partial charge in [-0.3, -0.25) is 0 Å². The summed E-state index contributed by atoms with van der Waals surface area (Å²) in [7, 11) is 0. The van der Waals surface area contributed by atoms with Crippen LogP contribution in [0.3, 0.4) is 0 Å². The molecule has 0 spiro atoms. The largest absolute Gasteiger partial charge is 0.397 e. The Balaban J connectivity index is 1.86. The highest BCUT2D eigenvalue weighted by Gasteiger charge is 2.27. The Bertz CT molecular complexity index is 441. The van der Waals surface area contributed by atoms with Gasteiger partial charge in [-0.05, 0) is 57.7 Å². The zero-order chi connectivity index (χ0) is 13.4. The molecule has 2 saturated heterocycles. The smallest absolute Gasteiger partial charge is 0.0601 e. The molecule has 3 heteroatoms. The van der Waals surface area contributed by atoms with Crippen LogP contribution in [-0.2, 0) is 0 Å². The topological polar surface area (TPSA) is 32.5 Å². The van der Waals surface area contributed by atoms with Crippen molar-refractivity contribution in [1.29, 1.82) is 0 Å². The van der Waals surface area contributed by atoms with Crippen LogP contribution in [0.2, 0.25) is 0 Å². The van der Waals surface area contributed by atoms with Crippen LogP contribution in [-0.4, -0.2) is 25.2 Å². The molecule has 2 N–H and O–H groups in total. The van der Waals surface area contributed by atoms with Crippen LogP contribution in [0.4, 0.5) is 17.1 Å². The molecule has 0 saturated carbocycles. The van der Waals surface area contributed by atoms with E-state index >= 15 is 0 Å². The van der Waals surface area contributed by atoms with Gasteiger partial charge in [0.05, 0.1) is 11.4 Å². The van der Waals surface area contributed by atoms with E-state index in [2.05, 4.69) is 41.8 Å². The number of anilines is 3. The van der Waals surface area contributed by atoms with Crippen molar-refractivity contribution in [3.63, 3.8) is 0 Å². The number of benzene rings is 1. The molecule has 0 bridgehead atoms. The highest BCUT2D eigenvalue weighted by Crippen LogP contribution is 2.35. The minimum atomic E-state index is 0.632. The summed E-state index contributed by atoms with van der Waals surface area (Å²) in [5, 5.41) is 0. The lowest BCUT2D eigenvalue weighted by Gasteiger charge is -2.30. The predicted molar refractivity (Wildman–Crippen MR) is 82.9 cm³/mol. The first-order valence-electron chi connectivity index (χ1n) is 7.59. The second-order valence-electron chi connectivity index (χ2n) is 6.12. The van der Waals surface area contributed by atoms with Crippen molar-refractivity contribution in [3.8, 4) is 0 Å². The summed E-state index contributed by atoms with van der Waals surface area (Å²) in [5.41, 5.74) is 9.74. The monoisotopic (exact) mass is 259 g/mol. The summed E-state index contributed by atoms with van der Waals surface area (Å²) in [6.07, 6.45) is 5.16. The Labute approximate surface area is 116 Å². The molecule has 3 rings (SSSR count). The molecule has 19 heavy (non-hydrogen) atoms. The van der Waals surface area contributed by atoms with Crippen LogP contribution in [0.1, 0.15) is 39.5 Å². The van der Waals surface area contributed by atoms with Gasteiger partial charge in [0, 0.05) is 30.9 Å². The van der Waals surface area contributed by atoms with Gasteiger partial charge in [0.15, 0.2) is 0 Å². The fourth-order valence-corrected chi connectivity index (χ4v) is 3.65. The molecule has 2 atom stereocenters. The van der Waals surface area contributed by atoms with Crippen LogP contribution in [0.5, 0.6) is 0 Å². The van der Waals surface area contributed by atoms with Gasteiger partial charge in [-0.1, -0.05) is 0 Å². The molecular weight excluding hydrogens is 234 g/mol. The Morgan fingerprint density at radius 2 is 1.68 bits per heavy atom. The third-order valence-corrected chi connectivity index (χ3v) is 4.71. The van der Waals surface area contributed by atoms with Gasteiger partial charge in [0.25, 0.3) is 0 Å². The fourth-order valence-electron chi connectivity index (χ4n) is 3.65. The van der Waals surface area contributed by atoms with Crippen molar-refractivity contribution in [2.75, 3.05) is 28.6 Å². The maximum atomic E-state index is 6.29. The van der Waals surface area contributed by atoms with Crippen molar-refractivity contribution < 1.29 is 0 Å². The van der Waals surface area contributed by atoms with E-state index in [4.69, 9.17) is 5.73 Å². The first-order chi connectivity index (χ1) is 9.16. The Hall–Kier alpha value is -1.38. The zero-order valence-electron chi connectivity index (χ0n) is 12.1. The molecular formula is C16H25N3. The molecule has 3 nitrogen and oxygen atoms in total. The van der Waals surface area contributed by atoms with Gasteiger partial charge in [-0.2, -0.15) is 0 Å². The van der Waals surface area contributed by atoms with Gasteiger partial charge in [-0.15, -0.1) is 0 Å². The first-order valence-corrected chi connectivity index (χ1v) is 7.59. The zero-order valence-corrected chi connectivity index (χ0v) is 12.1. The molecule has 1 aromatic carbocycles. The standard InChI is InChI=1S/C16H25N3/c1-12-5-6-13(2)19(12)14-7-8-16(15(17)11-14)18-9-3-4-10-18/h7-8,11-13H,3-6,9-10,17H2,1-2H3/t12-,13-/m0/s1. The van der Waals surface area contributed by atoms with E-state index in [0.29, 0.717) is 12.1 Å². The maximum absolute atomic E-state index is 6.29. The van der Waals surface area contributed by atoms with E-state index in [1.54, 1.807) is 0 Å². The number of nitrogens with two attached hydrogens (primary N) is 1. The van der Waals surface area contributed by atoms with Crippen molar-refractivity contribution in [2.24, 2.45) is 0 Å². The third kappa shape index (κ3) is 2.26. The predicted octanol–water partition coefficient (Wildman–Crippen LogP) is 3.25. The van der Waals surface area contributed by atoms with E-state index in [1.807, 2.05) is 0 Å². The SMILES string of the molecule is C[C@H]1CC[C@H](C)N1c1ccc(N2CCCC2)c(N)c1. The van der Waals surface area contributed by atoms with E-state index < -0.39 is 0 Å². The molecule has 0 aromatic heterocycles. The average Bonchev–Trinajstić information content (AvgIpc) is 3.00. The summed E-state index contributed by atoms with van der Waals surface area (Å²) >= 11 is 0. The van der Waals surface area contributed by atoms with Gasteiger partial charge in [0.2, 0.25) is 0 Å². The Kier molecular flexibility index (Phi) is 3.29. The normalized spacial score (nSPS) is 27.3. The summed E-state index contributed by atoms with van der Waals surface area (Å²) in [6.45, 7) is 6.93. The molecule has 0 amide bonds. The molecule has 1 aromatic rings. The van der Waals surface area contributed by atoms with E-state index in [9.17, 15) is 0 Å². The number of rotatable bonds is 2. The maximum Gasteiger partial charge on any atom is 0.0601 e. The first kappa shape index (κ1) is 12.6. The molecule has 104 valence electrons. The highest BCUT2D eigenvalue weighted by molar-refractivity contribution is 5.73. The van der Waals surface area contributed by atoms with Crippen molar-refractivity contribution >= 4 is 17.1 Å². The molecule has 2 aliphatic heterocycles. The van der Waals surface area contributed by atoms with E-state index in [-0.39, 0.29) is 0 Å². The van der Waals surface area contributed by atoms with Gasteiger partial charge in [0.1, 0.15) is 0 Å². The quantitative estimate of drug-likeness (QED) is 0.828. The number of nitrogens with zero attached hydrogens (tertiary/aromatic N) is 2. The highest BCUT2D eigenvalue weighted by atomic mass is 15.2. The number of hydrogen-bond donors (Lipinski definition) is 1. The fraction of sp³-hybridized carbons (Fsp3) is 0.625. The summed E-state index contributed by atoms with van der Waals surface area (Å²) < 4.78 is 0. The van der Waals surface area contributed by atoms with Crippen molar-refractivity contribution in [3.05, 3.63) is 18.2 Å². The van der Waals surface area contributed by atoms with E-state index in [0.717, 1.165) is 18.8 Å². The molecule has 0 unspecified atom stereocenters. The average molecular weight is 259 g/mol. The van der Waals surface area contributed by atoms with Crippen molar-refractivity contribution in [1.82, 2.24) is 0 Å². The lowest BCUT2D eigenvalue weighted by atomic mass is 10.2. The molecule has 0 radical (unpaired) electrons. The van der Waals surface area contributed by atoms with Crippen LogP contribution in [0.15, 0.2) is 18.2 Å². The van der Waals surface area contributed by atoms with Gasteiger partial charge >= 0.3 is 0 Å². The lowest BCUT2D eigenvalue weighted by Crippen LogP contribution is -2.32. The van der Waals surface area contributed by atoms with Gasteiger partial charge in [-0.25, -0.2) is 0 Å². The second kappa shape index (κ2) is 4.95. The van der Waals surface area contributed by atoms with Crippen LogP contribution >= 0.6 is 0 Å². The number of nitrogen functional groups attached to an aromatic ring is 1. The molecule has 2 aliphatic rings.